The molecule has 0 radical (unpaired) electrons. The number of rotatable bonds is 5. The molecule has 2 bridgehead atoms. The lowest BCUT2D eigenvalue weighted by Crippen LogP contribution is -2.49. The normalized spacial score (nSPS) is 20.1. The molecule has 0 unspecified atom stereocenters. The number of hydrogen-bond donors (Lipinski definition) is 1. The van der Waals surface area contributed by atoms with Crippen molar-refractivity contribution in [2.24, 2.45) is 5.92 Å². The Hall–Kier alpha value is -2.96. The first-order valence-electron chi connectivity index (χ1n) is 9.98. The Morgan fingerprint density at radius 3 is 2.62 bits per heavy atom. The first-order chi connectivity index (χ1) is 14.0. The summed E-state index contributed by atoms with van der Waals surface area (Å²) in [6, 6.07) is 11.3. The number of carbonyl (C=O) groups is 2. The molecule has 2 amide bonds. The second-order valence-corrected chi connectivity index (χ2v) is 7.90. The van der Waals surface area contributed by atoms with Crippen LogP contribution in [0, 0.1) is 11.7 Å². The van der Waals surface area contributed by atoms with Gasteiger partial charge in [-0.25, -0.2) is 4.39 Å². The number of aromatic nitrogens is 1. The Bertz CT molecular complexity index is 970. The molecule has 6 nitrogen and oxygen atoms in total. The Labute approximate surface area is 168 Å². The number of halogens is 1. The van der Waals surface area contributed by atoms with Crippen molar-refractivity contribution in [3.8, 4) is 0 Å². The van der Waals surface area contributed by atoms with Crippen LogP contribution in [0.1, 0.15) is 36.4 Å². The SMILES string of the molecule is O=C(CCC(=O)N1C[C@@H]2C[C@H](C1)c1cccc(=O)n1C2)NCc1ccc(F)cc1. The van der Waals surface area contributed by atoms with Crippen molar-refractivity contribution in [1.29, 1.82) is 0 Å². The van der Waals surface area contributed by atoms with Crippen LogP contribution < -0.4 is 10.9 Å². The van der Waals surface area contributed by atoms with E-state index in [1.54, 1.807) is 24.3 Å². The summed E-state index contributed by atoms with van der Waals surface area (Å²) in [6.07, 6.45) is 1.28. The number of benzene rings is 1. The van der Waals surface area contributed by atoms with Crippen LogP contribution in [-0.4, -0.2) is 34.4 Å². The highest BCUT2D eigenvalue weighted by Gasteiger charge is 2.36. The highest BCUT2D eigenvalue weighted by atomic mass is 19.1. The Balaban J connectivity index is 1.29. The van der Waals surface area contributed by atoms with Crippen LogP contribution >= 0.6 is 0 Å². The maximum atomic E-state index is 12.9. The zero-order chi connectivity index (χ0) is 20.4. The smallest absolute Gasteiger partial charge is 0.250 e. The van der Waals surface area contributed by atoms with Gasteiger partial charge in [-0.15, -0.1) is 0 Å². The monoisotopic (exact) mass is 397 g/mol. The lowest BCUT2D eigenvalue weighted by Gasteiger charge is -2.42. The van der Waals surface area contributed by atoms with E-state index in [0.717, 1.165) is 17.7 Å². The van der Waals surface area contributed by atoms with Crippen molar-refractivity contribution in [2.45, 2.75) is 38.3 Å². The summed E-state index contributed by atoms with van der Waals surface area (Å²) in [6.45, 7) is 2.18. The van der Waals surface area contributed by atoms with Crippen LogP contribution in [0.4, 0.5) is 4.39 Å². The summed E-state index contributed by atoms with van der Waals surface area (Å²) in [5, 5.41) is 2.77. The van der Waals surface area contributed by atoms with Gasteiger partial charge in [0.05, 0.1) is 0 Å². The third-order valence-corrected chi connectivity index (χ3v) is 5.80. The van der Waals surface area contributed by atoms with E-state index in [1.165, 1.54) is 12.1 Å². The van der Waals surface area contributed by atoms with Crippen LogP contribution in [-0.2, 0) is 22.7 Å². The average molecular weight is 397 g/mol. The highest BCUT2D eigenvalue weighted by Crippen LogP contribution is 2.35. The van der Waals surface area contributed by atoms with Crippen molar-refractivity contribution in [2.75, 3.05) is 13.1 Å². The molecule has 4 rings (SSSR count). The number of hydrogen-bond acceptors (Lipinski definition) is 3. The summed E-state index contributed by atoms with van der Waals surface area (Å²) in [7, 11) is 0. The van der Waals surface area contributed by atoms with Gasteiger partial charge in [0.1, 0.15) is 5.82 Å². The molecule has 1 saturated heterocycles. The maximum absolute atomic E-state index is 12.9. The van der Waals surface area contributed by atoms with E-state index in [9.17, 15) is 18.8 Å². The summed E-state index contributed by atoms with van der Waals surface area (Å²) in [5.41, 5.74) is 1.84. The fourth-order valence-corrected chi connectivity index (χ4v) is 4.37. The molecule has 152 valence electrons. The van der Waals surface area contributed by atoms with Gasteiger partial charge < -0.3 is 14.8 Å². The van der Waals surface area contributed by atoms with Crippen LogP contribution in [0.15, 0.2) is 47.3 Å². The van der Waals surface area contributed by atoms with Gasteiger partial charge >= 0.3 is 0 Å². The molecular formula is C22H24FN3O3. The molecule has 2 atom stereocenters. The van der Waals surface area contributed by atoms with E-state index in [4.69, 9.17) is 0 Å². The van der Waals surface area contributed by atoms with Gasteiger partial charge in [-0.3, -0.25) is 14.4 Å². The zero-order valence-electron chi connectivity index (χ0n) is 16.1. The number of fused-ring (bicyclic) bond motifs is 4. The molecule has 0 aliphatic carbocycles. The van der Waals surface area contributed by atoms with Crippen LogP contribution in [0.5, 0.6) is 0 Å². The summed E-state index contributed by atoms with van der Waals surface area (Å²) >= 11 is 0. The van der Waals surface area contributed by atoms with Crippen molar-refractivity contribution in [3.63, 3.8) is 0 Å². The second-order valence-electron chi connectivity index (χ2n) is 7.90. The molecule has 0 saturated carbocycles. The average Bonchev–Trinajstić information content (AvgIpc) is 2.72. The molecule has 1 fully saturated rings. The molecule has 2 aromatic rings. The van der Waals surface area contributed by atoms with Gasteiger partial charge in [-0.1, -0.05) is 18.2 Å². The van der Waals surface area contributed by atoms with Gasteiger partial charge in [0.2, 0.25) is 11.8 Å². The van der Waals surface area contributed by atoms with Gasteiger partial charge in [0.25, 0.3) is 5.56 Å². The molecule has 7 heteroatoms. The predicted octanol–water partition coefficient (Wildman–Crippen LogP) is 2.03. The quantitative estimate of drug-likeness (QED) is 0.839. The third kappa shape index (κ3) is 4.39. The summed E-state index contributed by atoms with van der Waals surface area (Å²) in [5.74, 6) is -0.0881. The molecule has 1 aromatic heterocycles. The number of nitrogens with one attached hydrogen (secondary N) is 1. The molecule has 2 aliphatic heterocycles. The largest absolute Gasteiger partial charge is 0.352 e. The van der Waals surface area contributed by atoms with E-state index in [0.29, 0.717) is 26.2 Å². The second kappa shape index (κ2) is 8.19. The molecule has 3 heterocycles. The van der Waals surface area contributed by atoms with Crippen molar-refractivity contribution in [3.05, 3.63) is 69.9 Å². The van der Waals surface area contributed by atoms with Gasteiger partial charge in [0.15, 0.2) is 0 Å². The lowest BCUT2D eigenvalue weighted by molar-refractivity contribution is -0.136. The van der Waals surface area contributed by atoms with E-state index in [2.05, 4.69) is 5.32 Å². The zero-order valence-corrected chi connectivity index (χ0v) is 16.1. The standard InChI is InChI=1S/C22H24FN3O3/c23-18-6-4-15(5-7-18)11-24-20(27)8-9-21(28)25-12-16-10-17(14-25)19-2-1-3-22(29)26(19)13-16/h1-7,16-17H,8-14H2,(H,24,27)/t16-,17+/m0/s1. The Kier molecular flexibility index (Phi) is 5.47. The van der Waals surface area contributed by atoms with Crippen LogP contribution in [0.3, 0.4) is 0 Å². The first kappa shape index (κ1) is 19.4. The maximum Gasteiger partial charge on any atom is 0.250 e. The molecule has 0 spiro atoms. The van der Waals surface area contributed by atoms with E-state index in [1.807, 2.05) is 15.5 Å². The summed E-state index contributed by atoms with van der Waals surface area (Å²) in [4.78, 5) is 38.7. The number of piperidine rings is 1. The third-order valence-electron chi connectivity index (χ3n) is 5.80. The number of likely N-dealkylation sites (tertiary alicyclic amines) is 1. The van der Waals surface area contributed by atoms with Gasteiger partial charge in [-0.05, 0) is 36.1 Å². The fourth-order valence-electron chi connectivity index (χ4n) is 4.37. The molecule has 1 N–H and O–H groups in total. The Morgan fingerprint density at radius 2 is 1.83 bits per heavy atom. The number of pyridine rings is 1. The molecule has 29 heavy (non-hydrogen) atoms. The topological polar surface area (TPSA) is 71.4 Å². The highest BCUT2D eigenvalue weighted by molar-refractivity contribution is 5.83. The Morgan fingerprint density at radius 1 is 1.03 bits per heavy atom. The predicted molar refractivity (Wildman–Crippen MR) is 106 cm³/mol. The number of carbonyl (C=O) groups excluding carboxylic acids is 2. The van der Waals surface area contributed by atoms with Crippen molar-refractivity contribution in [1.82, 2.24) is 14.8 Å². The lowest BCUT2D eigenvalue weighted by atomic mass is 9.83. The number of amides is 2. The van der Waals surface area contributed by atoms with Crippen molar-refractivity contribution >= 4 is 11.8 Å². The van der Waals surface area contributed by atoms with E-state index < -0.39 is 0 Å². The molecular weight excluding hydrogens is 373 g/mol. The van der Waals surface area contributed by atoms with Crippen LogP contribution in [0.2, 0.25) is 0 Å². The minimum atomic E-state index is -0.315. The fraction of sp³-hybridized carbons (Fsp3) is 0.409. The molecule has 2 aliphatic rings. The van der Waals surface area contributed by atoms with Gasteiger partial charge in [-0.2, -0.15) is 0 Å². The number of nitrogens with zero attached hydrogens (tertiary/aromatic N) is 2. The molecule has 1 aromatic carbocycles. The minimum Gasteiger partial charge on any atom is -0.352 e. The van der Waals surface area contributed by atoms with Gasteiger partial charge in [0, 0.05) is 56.7 Å². The van der Waals surface area contributed by atoms with Crippen molar-refractivity contribution < 1.29 is 14.0 Å². The van der Waals surface area contributed by atoms with E-state index >= 15 is 0 Å². The minimum absolute atomic E-state index is 0.0230. The van der Waals surface area contributed by atoms with Crippen LogP contribution in [0.25, 0.3) is 0 Å². The first-order valence-corrected chi connectivity index (χ1v) is 9.98. The van der Waals surface area contributed by atoms with E-state index in [-0.39, 0.29) is 47.9 Å². The summed E-state index contributed by atoms with van der Waals surface area (Å²) < 4.78 is 14.7.